The molecule has 2 nitrogen and oxygen atoms in total. The van der Waals surface area contributed by atoms with Gasteiger partial charge in [-0.2, -0.15) is 0 Å². The van der Waals surface area contributed by atoms with E-state index < -0.39 is 0 Å². The lowest BCUT2D eigenvalue weighted by Gasteiger charge is -2.14. The third kappa shape index (κ3) is 4.20. The van der Waals surface area contributed by atoms with Crippen molar-refractivity contribution >= 4 is 12.4 Å². The number of benzene rings is 1. The quantitative estimate of drug-likeness (QED) is 0.832. The molecule has 0 unspecified atom stereocenters. The second-order valence-corrected chi connectivity index (χ2v) is 3.90. The molecule has 0 saturated carbocycles. The van der Waals surface area contributed by atoms with Gasteiger partial charge in [0.05, 0.1) is 0 Å². The normalized spacial score (nSPS) is 12.0. The summed E-state index contributed by atoms with van der Waals surface area (Å²) in [4.78, 5) is 0. The summed E-state index contributed by atoms with van der Waals surface area (Å²) < 4.78 is 0. The van der Waals surface area contributed by atoms with E-state index in [1.54, 1.807) is 0 Å². The Morgan fingerprint density at radius 1 is 1.27 bits per heavy atom. The number of hydrogen-bond acceptors (Lipinski definition) is 2. The topological polar surface area (TPSA) is 52.0 Å². The van der Waals surface area contributed by atoms with Crippen molar-refractivity contribution in [3.63, 3.8) is 0 Å². The van der Waals surface area contributed by atoms with Crippen LogP contribution in [0.1, 0.15) is 35.6 Å². The van der Waals surface area contributed by atoms with Crippen LogP contribution in [0, 0.1) is 13.8 Å². The summed E-state index contributed by atoms with van der Waals surface area (Å²) in [5, 5.41) is 0. The van der Waals surface area contributed by atoms with Crippen molar-refractivity contribution in [2.75, 3.05) is 6.54 Å². The third-order valence-corrected chi connectivity index (χ3v) is 2.55. The Balaban J connectivity index is 0.00000196. The van der Waals surface area contributed by atoms with Crippen LogP contribution in [-0.2, 0) is 0 Å². The maximum Gasteiger partial charge on any atom is 0.0298 e. The maximum absolute atomic E-state index is 6.10. The van der Waals surface area contributed by atoms with Crippen LogP contribution in [0.3, 0.4) is 0 Å². The van der Waals surface area contributed by atoms with Crippen LogP contribution in [0.2, 0.25) is 0 Å². The monoisotopic (exact) mass is 228 g/mol. The van der Waals surface area contributed by atoms with Gasteiger partial charge in [-0.1, -0.05) is 23.8 Å². The standard InChI is InChI=1S/C12H20N2.ClH/c1-9-5-6-10(2)11(8-9)12(14)4-3-7-13;/h5-6,8,12H,3-4,7,13-14H2,1-2H3;1H/t12-;/m1./s1. The van der Waals surface area contributed by atoms with Gasteiger partial charge in [-0.05, 0) is 44.4 Å². The minimum Gasteiger partial charge on any atom is -0.330 e. The predicted molar refractivity (Wildman–Crippen MR) is 68.4 cm³/mol. The van der Waals surface area contributed by atoms with Gasteiger partial charge in [0.2, 0.25) is 0 Å². The average molecular weight is 229 g/mol. The van der Waals surface area contributed by atoms with Crippen LogP contribution in [0.4, 0.5) is 0 Å². The molecule has 0 aromatic heterocycles. The van der Waals surface area contributed by atoms with Crippen molar-refractivity contribution in [2.45, 2.75) is 32.7 Å². The minimum absolute atomic E-state index is 0. The van der Waals surface area contributed by atoms with Crippen molar-refractivity contribution in [3.05, 3.63) is 34.9 Å². The van der Waals surface area contributed by atoms with E-state index in [4.69, 9.17) is 11.5 Å². The molecule has 0 saturated heterocycles. The molecule has 0 aliphatic heterocycles. The van der Waals surface area contributed by atoms with E-state index in [-0.39, 0.29) is 18.4 Å². The molecule has 0 amide bonds. The molecule has 0 spiro atoms. The minimum atomic E-state index is 0. The summed E-state index contributed by atoms with van der Waals surface area (Å²) >= 11 is 0. The van der Waals surface area contributed by atoms with E-state index in [2.05, 4.69) is 32.0 Å². The highest BCUT2D eigenvalue weighted by molar-refractivity contribution is 5.85. The lowest BCUT2D eigenvalue weighted by atomic mass is 9.96. The van der Waals surface area contributed by atoms with Crippen LogP contribution < -0.4 is 11.5 Å². The van der Waals surface area contributed by atoms with Crippen molar-refractivity contribution < 1.29 is 0 Å². The van der Waals surface area contributed by atoms with Crippen LogP contribution in [0.15, 0.2) is 18.2 Å². The molecular weight excluding hydrogens is 208 g/mol. The molecule has 0 fully saturated rings. The summed E-state index contributed by atoms with van der Waals surface area (Å²) in [5.74, 6) is 0. The number of hydrogen-bond donors (Lipinski definition) is 2. The Kier molecular flexibility index (Phi) is 6.57. The average Bonchev–Trinajstić information content (AvgIpc) is 2.18. The number of rotatable bonds is 4. The fourth-order valence-electron chi connectivity index (χ4n) is 1.65. The predicted octanol–water partition coefficient (Wildman–Crippen LogP) is 2.46. The van der Waals surface area contributed by atoms with Crippen molar-refractivity contribution in [2.24, 2.45) is 11.5 Å². The zero-order valence-corrected chi connectivity index (χ0v) is 10.3. The third-order valence-electron chi connectivity index (χ3n) is 2.55. The Morgan fingerprint density at radius 2 is 1.93 bits per heavy atom. The Morgan fingerprint density at radius 3 is 2.53 bits per heavy atom. The second-order valence-electron chi connectivity index (χ2n) is 3.90. The van der Waals surface area contributed by atoms with Gasteiger partial charge in [-0.3, -0.25) is 0 Å². The lowest BCUT2D eigenvalue weighted by Crippen LogP contribution is -2.13. The summed E-state index contributed by atoms with van der Waals surface area (Å²) in [6, 6.07) is 6.57. The van der Waals surface area contributed by atoms with Gasteiger partial charge in [0, 0.05) is 6.04 Å². The molecule has 0 heterocycles. The first-order valence-corrected chi connectivity index (χ1v) is 5.18. The molecule has 3 heteroatoms. The van der Waals surface area contributed by atoms with Crippen molar-refractivity contribution in [1.29, 1.82) is 0 Å². The van der Waals surface area contributed by atoms with Crippen molar-refractivity contribution in [1.82, 2.24) is 0 Å². The number of aryl methyl sites for hydroxylation is 2. The van der Waals surface area contributed by atoms with Gasteiger partial charge in [0.25, 0.3) is 0 Å². The maximum atomic E-state index is 6.10. The van der Waals surface area contributed by atoms with Crippen LogP contribution in [0.25, 0.3) is 0 Å². The molecule has 1 atom stereocenters. The molecule has 1 aromatic carbocycles. The summed E-state index contributed by atoms with van der Waals surface area (Å²) in [7, 11) is 0. The van der Waals surface area contributed by atoms with Crippen LogP contribution in [0.5, 0.6) is 0 Å². The first kappa shape index (κ1) is 14.4. The molecule has 86 valence electrons. The molecule has 0 aliphatic rings. The lowest BCUT2D eigenvalue weighted by molar-refractivity contribution is 0.615. The van der Waals surface area contributed by atoms with E-state index >= 15 is 0 Å². The van der Waals surface area contributed by atoms with E-state index in [1.165, 1.54) is 16.7 Å². The number of halogens is 1. The van der Waals surface area contributed by atoms with Gasteiger partial charge >= 0.3 is 0 Å². The van der Waals surface area contributed by atoms with Crippen LogP contribution in [-0.4, -0.2) is 6.54 Å². The molecule has 0 radical (unpaired) electrons. The highest BCUT2D eigenvalue weighted by Gasteiger charge is 2.08. The number of nitrogens with two attached hydrogens (primary N) is 2. The van der Waals surface area contributed by atoms with Gasteiger partial charge in [0.1, 0.15) is 0 Å². The van der Waals surface area contributed by atoms with Crippen LogP contribution >= 0.6 is 12.4 Å². The van der Waals surface area contributed by atoms with E-state index in [9.17, 15) is 0 Å². The summed E-state index contributed by atoms with van der Waals surface area (Å²) in [6.07, 6.45) is 1.97. The smallest absolute Gasteiger partial charge is 0.0298 e. The van der Waals surface area contributed by atoms with E-state index in [0.717, 1.165) is 19.4 Å². The van der Waals surface area contributed by atoms with Gasteiger partial charge < -0.3 is 11.5 Å². The molecule has 4 N–H and O–H groups in total. The highest BCUT2D eigenvalue weighted by atomic mass is 35.5. The first-order valence-electron chi connectivity index (χ1n) is 5.18. The molecule has 15 heavy (non-hydrogen) atoms. The largest absolute Gasteiger partial charge is 0.330 e. The first-order chi connectivity index (χ1) is 6.65. The molecule has 1 rings (SSSR count). The van der Waals surface area contributed by atoms with Gasteiger partial charge in [0.15, 0.2) is 0 Å². The van der Waals surface area contributed by atoms with E-state index in [0.29, 0.717) is 0 Å². The Hall–Kier alpha value is -0.570. The van der Waals surface area contributed by atoms with Gasteiger partial charge in [-0.25, -0.2) is 0 Å². The van der Waals surface area contributed by atoms with E-state index in [1.807, 2.05) is 0 Å². The highest BCUT2D eigenvalue weighted by Crippen LogP contribution is 2.20. The zero-order valence-electron chi connectivity index (χ0n) is 9.49. The fraction of sp³-hybridized carbons (Fsp3) is 0.500. The molecule has 0 bridgehead atoms. The fourth-order valence-corrected chi connectivity index (χ4v) is 1.65. The SMILES string of the molecule is Cc1ccc(C)c([C@H](N)CCCN)c1.Cl. The van der Waals surface area contributed by atoms with Crippen molar-refractivity contribution in [3.8, 4) is 0 Å². The molecular formula is C12H21ClN2. The Bertz CT molecular complexity index is 300. The molecule has 1 aromatic rings. The summed E-state index contributed by atoms with van der Waals surface area (Å²) in [6.45, 7) is 4.92. The summed E-state index contributed by atoms with van der Waals surface area (Å²) in [5.41, 5.74) is 15.4. The second kappa shape index (κ2) is 6.83. The molecule has 0 aliphatic carbocycles. The Labute approximate surface area is 98.5 Å². The van der Waals surface area contributed by atoms with Gasteiger partial charge in [-0.15, -0.1) is 12.4 Å². The zero-order chi connectivity index (χ0) is 10.6.